The molecule has 2 aromatic carbocycles. The molecule has 0 bridgehead atoms. The van der Waals surface area contributed by atoms with Crippen LogP contribution in [0.3, 0.4) is 0 Å². The van der Waals surface area contributed by atoms with Gasteiger partial charge in [0, 0.05) is 13.1 Å². The van der Waals surface area contributed by atoms with Crippen LogP contribution >= 0.6 is 0 Å². The molecule has 1 N–H and O–H groups in total. The summed E-state index contributed by atoms with van der Waals surface area (Å²) in [6.07, 6.45) is 0. The molecule has 31 heavy (non-hydrogen) atoms. The quantitative estimate of drug-likeness (QED) is 0.668. The zero-order valence-electron chi connectivity index (χ0n) is 19.2. The molecule has 0 saturated carbocycles. The minimum absolute atomic E-state index is 0.0197. The molecule has 0 aliphatic rings. The molecule has 8 heteroatoms. The average molecular weight is 449 g/mol. The van der Waals surface area contributed by atoms with Crippen LogP contribution in [0.4, 0.5) is 0 Å². The summed E-state index contributed by atoms with van der Waals surface area (Å²) in [6, 6.07) is 12.1. The zero-order chi connectivity index (χ0) is 23.4. The Balaban J connectivity index is 2.07. The van der Waals surface area contributed by atoms with Gasteiger partial charge in [-0.15, -0.1) is 0 Å². The lowest BCUT2D eigenvalue weighted by molar-refractivity contribution is -0.121. The Morgan fingerprint density at radius 1 is 1.03 bits per heavy atom. The molecule has 0 heterocycles. The summed E-state index contributed by atoms with van der Waals surface area (Å²) in [7, 11) is 0.396. The summed E-state index contributed by atoms with van der Waals surface area (Å²) < 4.78 is 37.1. The van der Waals surface area contributed by atoms with E-state index in [0.717, 1.165) is 9.87 Å². The second-order valence-corrected chi connectivity index (χ2v) is 10.5. The number of likely N-dealkylation sites (N-methyl/N-ethyl adjacent to an activating group) is 1. The number of ether oxygens (including phenoxy) is 2. The Bertz CT molecular complexity index is 1010. The molecule has 0 saturated heterocycles. The summed E-state index contributed by atoms with van der Waals surface area (Å²) in [5, 5.41) is 2.86. The maximum absolute atomic E-state index is 12.9. The van der Waals surface area contributed by atoms with Crippen LogP contribution in [-0.4, -0.2) is 46.4 Å². The highest BCUT2D eigenvalue weighted by Gasteiger charge is 2.25. The lowest BCUT2D eigenvalue weighted by atomic mass is 9.86. The highest BCUT2D eigenvalue weighted by atomic mass is 32.2. The molecule has 0 aliphatic carbocycles. The Morgan fingerprint density at radius 2 is 1.61 bits per heavy atom. The van der Waals surface area contributed by atoms with Gasteiger partial charge in [-0.05, 0) is 35.6 Å². The fraction of sp³-hybridized carbons (Fsp3) is 0.435. The van der Waals surface area contributed by atoms with E-state index < -0.39 is 10.0 Å². The molecular formula is C23H32N2O5S. The van der Waals surface area contributed by atoms with Crippen molar-refractivity contribution in [2.24, 2.45) is 0 Å². The van der Waals surface area contributed by atoms with Gasteiger partial charge in [0.2, 0.25) is 15.9 Å². The van der Waals surface area contributed by atoms with Crippen molar-refractivity contribution in [1.82, 2.24) is 9.62 Å². The van der Waals surface area contributed by atoms with Crippen molar-refractivity contribution >= 4 is 15.9 Å². The number of carbonyl (C=O) groups is 1. The fourth-order valence-electron chi connectivity index (χ4n) is 3.09. The normalized spacial score (nSPS) is 13.0. The number of nitrogens with zero attached hydrogens (tertiary/aromatic N) is 1. The van der Waals surface area contributed by atoms with E-state index in [4.69, 9.17) is 9.47 Å². The van der Waals surface area contributed by atoms with Gasteiger partial charge in [-0.2, -0.15) is 4.31 Å². The number of sulfonamides is 1. The minimum atomic E-state index is -3.88. The van der Waals surface area contributed by atoms with E-state index in [-0.39, 0.29) is 28.8 Å². The average Bonchev–Trinajstić information content (AvgIpc) is 2.72. The van der Waals surface area contributed by atoms with Crippen molar-refractivity contribution in [2.75, 3.05) is 27.8 Å². The predicted octanol–water partition coefficient (Wildman–Crippen LogP) is 3.50. The molecule has 1 unspecified atom stereocenters. The highest BCUT2D eigenvalue weighted by Crippen LogP contribution is 2.30. The number of nitrogens with one attached hydrogen (secondary N) is 1. The number of amides is 1. The van der Waals surface area contributed by atoms with Crippen molar-refractivity contribution in [3.63, 3.8) is 0 Å². The number of hydrogen-bond acceptors (Lipinski definition) is 5. The molecule has 1 atom stereocenters. The Hall–Kier alpha value is -2.58. The maximum atomic E-state index is 12.9. The van der Waals surface area contributed by atoms with Crippen molar-refractivity contribution in [3.8, 4) is 11.5 Å². The summed E-state index contributed by atoms with van der Waals surface area (Å²) >= 11 is 0. The van der Waals surface area contributed by atoms with Gasteiger partial charge in [-0.3, -0.25) is 4.79 Å². The van der Waals surface area contributed by atoms with E-state index in [1.807, 2.05) is 31.2 Å². The molecule has 2 rings (SSSR count). The van der Waals surface area contributed by atoms with Gasteiger partial charge in [0.1, 0.15) is 0 Å². The first-order valence-electron chi connectivity index (χ1n) is 9.98. The largest absolute Gasteiger partial charge is 0.493 e. The number of rotatable bonds is 8. The third-order valence-electron chi connectivity index (χ3n) is 5.08. The van der Waals surface area contributed by atoms with Crippen molar-refractivity contribution in [2.45, 2.75) is 44.0 Å². The van der Waals surface area contributed by atoms with Gasteiger partial charge in [0.15, 0.2) is 11.5 Å². The topological polar surface area (TPSA) is 84.9 Å². The summed E-state index contributed by atoms with van der Waals surface area (Å²) in [5.41, 5.74) is 2.20. The first-order chi connectivity index (χ1) is 14.4. The van der Waals surface area contributed by atoms with E-state index in [2.05, 4.69) is 26.1 Å². The van der Waals surface area contributed by atoms with Gasteiger partial charge < -0.3 is 14.8 Å². The molecule has 1 amide bonds. The Labute approximate surface area is 185 Å². The Morgan fingerprint density at radius 3 is 2.13 bits per heavy atom. The molecule has 0 fully saturated rings. The number of carbonyl (C=O) groups excluding carboxylic acids is 1. The van der Waals surface area contributed by atoms with Crippen LogP contribution in [0, 0.1) is 0 Å². The van der Waals surface area contributed by atoms with Gasteiger partial charge in [-0.25, -0.2) is 8.42 Å². The molecule has 0 spiro atoms. The number of benzene rings is 2. The third kappa shape index (κ3) is 5.98. The first-order valence-corrected chi connectivity index (χ1v) is 11.4. The minimum Gasteiger partial charge on any atom is -0.493 e. The van der Waals surface area contributed by atoms with Crippen LogP contribution in [-0.2, 0) is 20.2 Å². The SMILES string of the molecule is COc1ccc(S(=O)(=O)N(C)CC(=O)NC(C)c2ccc(C(C)(C)C)cc2)cc1OC. The van der Waals surface area contributed by atoms with Crippen LogP contribution in [0.5, 0.6) is 11.5 Å². The summed E-state index contributed by atoms with van der Waals surface area (Å²) in [6.45, 7) is 7.99. The lowest BCUT2D eigenvalue weighted by Gasteiger charge is -2.22. The molecule has 0 aliphatic heterocycles. The second-order valence-electron chi connectivity index (χ2n) is 8.44. The van der Waals surface area contributed by atoms with Crippen LogP contribution in [0.15, 0.2) is 47.4 Å². The van der Waals surface area contributed by atoms with Crippen molar-refractivity contribution < 1.29 is 22.7 Å². The molecule has 7 nitrogen and oxygen atoms in total. The molecule has 0 radical (unpaired) electrons. The molecular weight excluding hydrogens is 416 g/mol. The molecule has 2 aromatic rings. The molecule has 170 valence electrons. The van der Waals surface area contributed by atoms with Crippen molar-refractivity contribution in [1.29, 1.82) is 0 Å². The van der Waals surface area contributed by atoms with E-state index in [1.54, 1.807) is 0 Å². The van der Waals surface area contributed by atoms with Crippen LogP contribution < -0.4 is 14.8 Å². The molecule has 0 aromatic heterocycles. The predicted molar refractivity (Wildman–Crippen MR) is 121 cm³/mol. The van der Waals surface area contributed by atoms with Gasteiger partial charge >= 0.3 is 0 Å². The van der Waals surface area contributed by atoms with Gasteiger partial charge in [0.05, 0.1) is 31.7 Å². The zero-order valence-corrected chi connectivity index (χ0v) is 20.0. The monoisotopic (exact) mass is 448 g/mol. The standard InChI is InChI=1S/C23H32N2O5S/c1-16(17-8-10-18(11-9-17)23(2,3)4)24-22(26)15-25(5)31(27,28)19-12-13-20(29-6)21(14-19)30-7/h8-14,16H,15H2,1-7H3,(H,24,26). The van der Waals surface area contributed by atoms with Gasteiger partial charge in [-0.1, -0.05) is 45.0 Å². The third-order valence-corrected chi connectivity index (χ3v) is 6.88. The van der Waals surface area contributed by atoms with E-state index in [0.29, 0.717) is 11.5 Å². The number of hydrogen-bond donors (Lipinski definition) is 1. The first kappa shape index (κ1) is 24.7. The van der Waals surface area contributed by atoms with Crippen LogP contribution in [0.2, 0.25) is 0 Å². The smallest absolute Gasteiger partial charge is 0.243 e. The highest BCUT2D eigenvalue weighted by molar-refractivity contribution is 7.89. The van der Waals surface area contributed by atoms with Crippen molar-refractivity contribution in [3.05, 3.63) is 53.6 Å². The van der Waals surface area contributed by atoms with E-state index in [9.17, 15) is 13.2 Å². The van der Waals surface area contributed by atoms with Crippen LogP contribution in [0.25, 0.3) is 0 Å². The summed E-state index contributed by atoms with van der Waals surface area (Å²) in [4.78, 5) is 12.5. The summed E-state index contributed by atoms with van der Waals surface area (Å²) in [5.74, 6) is 0.334. The number of methoxy groups -OCH3 is 2. The van der Waals surface area contributed by atoms with E-state index >= 15 is 0 Å². The Kier molecular flexibility index (Phi) is 7.72. The van der Waals surface area contributed by atoms with E-state index in [1.165, 1.54) is 45.0 Å². The fourth-order valence-corrected chi connectivity index (χ4v) is 4.23. The van der Waals surface area contributed by atoms with Gasteiger partial charge in [0.25, 0.3) is 0 Å². The second kappa shape index (κ2) is 9.70. The lowest BCUT2D eigenvalue weighted by Crippen LogP contribution is -2.39. The maximum Gasteiger partial charge on any atom is 0.243 e. The van der Waals surface area contributed by atoms with Crippen LogP contribution in [0.1, 0.15) is 44.9 Å².